The van der Waals surface area contributed by atoms with Gasteiger partial charge in [-0.05, 0) is 31.2 Å². The van der Waals surface area contributed by atoms with Gasteiger partial charge in [-0.15, -0.1) is 0 Å². The Kier molecular flexibility index (Phi) is 2.51. The van der Waals surface area contributed by atoms with Crippen LogP contribution in [0.5, 0.6) is 5.75 Å². The molecule has 0 saturated carbocycles. The van der Waals surface area contributed by atoms with Crippen molar-refractivity contribution in [3.63, 3.8) is 0 Å². The van der Waals surface area contributed by atoms with Gasteiger partial charge in [0.1, 0.15) is 5.75 Å². The lowest BCUT2D eigenvalue weighted by molar-refractivity contribution is 0.340. The third-order valence-electron chi connectivity index (χ3n) is 1.29. The maximum atomic E-state index is 8.47. The Bertz CT molecular complexity index is 258. The number of hydrogen-bond acceptors (Lipinski definition) is 2. The molecule has 0 saturated heterocycles. The summed E-state index contributed by atoms with van der Waals surface area (Å²) in [7, 11) is 0. The summed E-state index contributed by atoms with van der Waals surface area (Å²) in [6, 6.07) is 9.11. The summed E-state index contributed by atoms with van der Waals surface area (Å²) >= 11 is 0. The van der Waals surface area contributed by atoms with E-state index in [1.54, 1.807) is 24.3 Å². The molecule has 11 heavy (non-hydrogen) atoms. The van der Waals surface area contributed by atoms with Crippen LogP contribution in [0.3, 0.4) is 0 Å². The molecule has 1 aromatic rings. The zero-order valence-corrected chi connectivity index (χ0v) is 6.37. The molecule has 0 aliphatic rings. The summed E-state index contributed by atoms with van der Waals surface area (Å²) in [6.07, 6.45) is 0. The monoisotopic (exact) mass is 147 g/mol. The van der Waals surface area contributed by atoms with E-state index in [1.807, 2.05) is 13.0 Å². The van der Waals surface area contributed by atoms with E-state index in [0.717, 1.165) is 5.75 Å². The summed E-state index contributed by atoms with van der Waals surface area (Å²) in [5.41, 5.74) is 0.661. The highest BCUT2D eigenvalue weighted by Crippen LogP contribution is 2.10. The quantitative estimate of drug-likeness (QED) is 0.640. The van der Waals surface area contributed by atoms with Crippen molar-refractivity contribution in [1.29, 1.82) is 5.26 Å². The molecule has 0 heterocycles. The molecule has 0 N–H and O–H groups in total. The second kappa shape index (κ2) is 3.62. The molecule has 0 spiro atoms. The smallest absolute Gasteiger partial charge is 0.119 e. The molecule has 2 heteroatoms. The Hall–Kier alpha value is -1.49. The fourth-order valence-corrected chi connectivity index (χ4v) is 0.792. The van der Waals surface area contributed by atoms with E-state index in [9.17, 15) is 0 Å². The van der Waals surface area contributed by atoms with Gasteiger partial charge in [0.15, 0.2) is 0 Å². The topological polar surface area (TPSA) is 33.0 Å². The van der Waals surface area contributed by atoms with Gasteiger partial charge >= 0.3 is 0 Å². The van der Waals surface area contributed by atoms with Crippen LogP contribution in [0.15, 0.2) is 24.3 Å². The summed E-state index contributed by atoms with van der Waals surface area (Å²) in [4.78, 5) is 0. The molecular weight excluding hydrogens is 138 g/mol. The number of nitriles is 1. The Morgan fingerprint density at radius 1 is 1.36 bits per heavy atom. The highest BCUT2D eigenvalue weighted by molar-refractivity contribution is 5.34. The van der Waals surface area contributed by atoms with Gasteiger partial charge in [0.2, 0.25) is 0 Å². The second-order valence-electron chi connectivity index (χ2n) is 2.07. The normalized spacial score (nSPS) is 8.73. The minimum absolute atomic E-state index is 0.659. The molecule has 1 rings (SSSR count). The van der Waals surface area contributed by atoms with Crippen LogP contribution in [0.25, 0.3) is 0 Å². The molecule has 0 radical (unpaired) electrons. The van der Waals surface area contributed by atoms with Crippen LogP contribution in [0.4, 0.5) is 0 Å². The van der Waals surface area contributed by atoms with Crippen LogP contribution >= 0.6 is 0 Å². The Balaban J connectivity index is 2.76. The average molecular weight is 147 g/mol. The fraction of sp³-hybridized carbons (Fsp3) is 0.222. The van der Waals surface area contributed by atoms with E-state index < -0.39 is 0 Å². The molecule has 56 valence electrons. The molecule has 0 fully saturated rings. The lowest BCUT2D eigenvalue weighted by Gasteiger charge is -2.00. The van der Waals surface area contributed by atoms with Gasteiger partial charge in [-0.25, -0.2) is 0 Å². The standard InChI is InChI=1S/C9H9NO/c1-2-11-9-5-3-8(7-10)4-6-9/h3-6H,2H2,1H3. The fourth-order valence-electron chi connectivity index (χ4n) is 0.792. The minimum Gasteiger partial charge on any atom is -0.494 e. The molecule has 1 aromatic carbocycles. The first-order valence-electron chi connectivity index (χ1n) is 3.49. The molecule has 0 bridgehead atoms. The first-order valence-corrected chi connectivity index (χ1v) is 3.49. The first kappa shape index (κ1) is 7.62. The van der Waals surface area contributed by atoms with Crippen LogP contribution < -0.4 is 4.74 Å². The van der Waals surface area contributed by atoms with Crippen molar-refractivity contribution in [2.75, 3.05) is 6.61 Å². The third kappa shape index (κ3) is 1.98. The van der Waals surface area contributed by atoms with Crippen LogP contribution in [-0.2, 0) is 0 Å². The SMILES string of the molecule is CCOc1ccc(C#N)cc1. The summed E-state index contributed by atoms with van der Waals surface area (Å²) in [5.74, 6) is 0.812. The third-order valence-corrected chi connectivity index (χ3v) is 1.29. The lowest BCUT2D eigenvalue weighted by Crippen LogP contribution is -1.90. The van der Waals surface area contributed by atoms with Crippen molar-refractivity contribution >= 4 is 0 Å². The summed E-state index contributed by atoms with van der Waals surface area (Å²) in [6.45, 7) is 2.59. The highest BCUT2D eigenvalue weighted by atomic mass is 16.5. The number of rotatable bonds is 2. The van der Waals surface area contributed by atoms with Crippen LogP contribution in [0.2, 0.25) is 0 Å². The van der Waals surface area contributed by atoms with Crippen LogP contribution in [0.1, 0.15) is 12.5 Å². The predicted molar refractivity (Wildman–Crippen MR) is 42.3 cm³/mol. The maximum Gasteiger partial charge on any atom is 0.119 e. The van der Waals surface area contributed by atoms with Gasteiger partial charge in [0, 0.05) is 0 Å². The highest BCUT2D eigenvalue weighted by Gasteiger charge is 1.91. The van der Waals surface area contributed by atoms with Crippen LogP contribution in [-0.4, -0.2) is 6.61 Å². The van der Waals surface area contributed by atoms with Crippen molar-refractivity contribution < 1.29 is 4.74 Å². The molecule has 2 nitrogen and oxygen atoms in total. The molecule has 0 unspecified atom stereocenters. The number of hydrogen-bond donors (Lipinski definition) is 0. The van der Waals surface area contributed by atoms with Gasteiger partial charge in [-0.3, -0.25) is 0 Å². The number of ether oxygens (including phenoxy) is 1. The predicted octanol–water partition coefficient (Wildman–Crippen LogP) is 1.96. The van der Waals surface area contributed by atoms with E-state index in [4.69, 9.17) is 10.00 Å². The second-order valence-corrected chi connectivity index (χ2v) is 2.07. The van der Waals surface area contributed by atoms with E-state index >= 15 is 0 Å². The van der Waals surface area contributed by atoms with E-state index in [2.05, 4.69) is 0 Å². The lowest BCUT2D eigenvalue weighted by atomic mass is 10.2. The van der Waals surface area contributed by atoms with Gasteiger partial charge < -0.3 is 4.74 Å². The van der Waals surface area contributed by atoms with Crippen molar-refractivity contribution in [1.82, 2.24) is 0 Å². The van der Waals surface area contributed by atoms with Crippen molar-refractivity contribution in [3.8, 4) is 11.8 Å². The average Bonchev–Trinajstić information content (AvgIpc) is 2.07. The number of nitrogens with zero attached hydrogens (tertiary/aromatic N) is 1. The molecule has 0 aliphatic carbocycles. The largest absolute Gasteiger partial charge is 0.494 e. The van der Waals surface area contributed by atoms with Gasteiger partial charge in [0.25, 0.3) is 0 Å². The molecule has 0 aliphatic heterocycles. The Labute approximate surface area is 66.0 Å². The van der Waals surface area contributed by atoms with E-state index in [-0.39, 0.29) is 0 Å². The molecular formula is C9H9NO. The van der Waals surface area contributed by atoms with E-state index in [1.165, 1.54) is 0 Å². The Morgan fingerprint density at radius 3 is 2.45 bits per heavy atom. The molecule has 0 aromatic heterocycles. The molecule has 0 atom stereocenters. The van der Waals surface area contributed by atoms with Crippen molar-refractivity contribution in [2.45, 2.75) is 6.92 Å². The van der Waals surface area contributed by atoms with Gasteiger partial charge in [0.05, 0.1) is 18.2 Å². The summed E-state index contributed by atoms with van der Waals surface area (Å²) < 4.78 is 5.20. The number of benzene rings is 1. The Morgan fingerprint density at radius 2 is 2.00 bits per heavy atom. The van der Waals surface area contributed by atoms with Crippen LogP contribution in [0, 0.1) is 11.3 Å². The minimum atomic E-state index is 0.659. The van der Waals surface area contributed by atoms with Crippen molar-refractivity contribution in [2.24, 2.45) is 0 Å². The summed E-state index contributed by atoms with van der Waals surface area (Å²) in [5, 5.41) is 8.47. The first-order chi connectivity index (χ1) is 5.36. The maximum absolute atomic E-state index is 8.47. The molecule has 0 amide bonds. The van der Waals surface area contributed by atoms with E-state index in [0.29, 0.717) is 12.2 Å². The zero-order chi connectivity index (χ0) is 8.10. The van der Waals surface area contributed by atoms with Gasteiger partial charge in [-0.2, -0.15) is 5.26 Å². The zero-order valence-electron chi connectivity index (χ0n) is 6.37. The van der Waals surface area contributed by atoms with Gasteiger partial charge in [-0.1, -0.05) is 0 Å². The van der Waals surface area contributed by atoms with Crippen molar-refractivity contribution in [3.05, 3.63) is 29.8 Å².